The third-order valence-corrected chi connectivity index (χ3v) is 5.83. The van der Waals surface area contributed by atoms with Gasteiger partial charge in [-0.15, -0.1) is 12.4 Å². The second-order valence-electron chi connectivity index (χ2n) is 5.02. The zero-order valence-corrected chi connectivity index (χ0v) is 13.8. The van der Waals surface area contributed by atoms with Gasteiger partial charge in [0.2, 0.25) is 10.0 Å². The Morgan fingerprint density at radius 1 is 1.45 bits per heavy atom. The van der Waals surface area contributed by atoms with Crippen LogP contribution in [0.4, 0.5) is 0 Å². The van der Waals surface area contributed by atoms with Crippen LogP contribution >= 0.6 is 24.0 Å². The van der Waals surface area contributed by atoms with Gasteiger partial charge in [0, 0.05) is 18.1 Å². The van der Waals surface area contributed by atoms with Gasteiger partial charge in [0.05, 0.1) is 4.90 Å². The van der Waals surface area contributed by atoms with Crippen molar-refractivity contribution in [2.75, 3.05) is 19.6 Å². The van der Waals surface area contributed by atoms with Crippen molar-refractivity contribution in [2.24, 2.45) is 11.7 Å². The first-order valence-corrected chi connectivity index (χ1v) is 8.23. The smallest absolute Gasteiger partial charge is 0.243 e. The Hall–Kier alpha value is -0.330. The van der Waals surface area contributed by atoms with Crippen LogP contribution in [0, 0.1) is 12.8 Å². The number of piperidine rings is 1. The summed E-state index contributed by atoms with van der Waals surface area (Å²) in [5, 5.41) is 0.551. The molecule has 1 atom stereocenters. The van der Waals surface area contributed by atoms with E-state index in [9.17, 15) is 8.42 Å². The van der Waals surface area contributed by atoms with Crippen molar-refractivity contribution < 1.29 is 8.42 Å². The molecular weight excluding hydrogens is 319 g/mol. The van der Waals surface area contributed by atoms with Crippen LogP contribution in [0.5, 0.6) is 0 Å². The van der Waals surface area contributed by atoms with Crippen LogP contribution in [-0.4, -0.2) is 32.4 Å². The number of nitrogens with zero attached hydrogens (tertiary/aromatic N) is 1. The van der Waals surface area contributed by atoms with Crippen molar-refractivity contribution >= 4 is 34.0 Å². The normalized spacial score (nSPS) is 20.4. The molecule has 0 amide bonds. The molecule has 1 aliphatic rings. The molecule has 1 unspecified atom stereocenters. The SMILES string of the molecule is Cc1cc(Cl)ccc1S(=O)(=O)N1CCCC(CN)C1.Cl. The first kappa shape index (κ1) is 17.7. The fourth-order valence-corrected chi connectivity index (χ4v) is 4.47. The number of hydrogen-bond donors (Lipinski definition) is 1. The lowest BCUT2D eigenvalue weighted by molar-refractivity contribution is 0.271. The molecule has 2 rings (SSSR count). The summed E-state index contributed by atoms with van der Waals surface area (Å²) in [6, 6.07) is 4.88. The van der Waals surface area contributed by atoms with Gasteiger partial charge < -0.3 is 5.73 Å². The van der Waals surface area contributed by atoms with Crippen LogP contribution in [0.25, 0.3) is 0 Å². The lowest BCUT2D eigenvalue weighted by Gasteiger charge is -2.31. The van der Waals surface area contributed by atoms with E-state index in [1.807, 2.05) is 0 Å². The van der Waals surface area contributed by atoms with Crippen molar-refractivity contribution in [3.05, 3.63) is 28.8 Å². The lowest BCUT2D eigenvalue weighted by atomic mass is 10.0. The van der Waals surface area contributed by atoms with Crippen LogP contribution in [0.15, 0.2) is 23.1 Å². The van der Waals surface area contributed by atoms with Gasteiger partial charge in [-0.1, -0.05) is 11.6 Å². The van der Waals surface area contributed by atoms with E-state index < -0.39 is 10.0 Å². The molecule has 0 aliphatic carbocycles. The molecule has 0 bridgehead atoms. The Kier molecular flexibility index (Phi) is 6.28. The number of nitrogens with two attached hydrogens (primary N) is 1. The highest BCUT2D eigenvalue weighted by Crippen LogP contribution is 2.26. The average molecular weight is 339 g/mol. The van der Waals surface area contributed by atoms with Gasteiger partial charge in [0.1, 0.15) is 0 Å². The summed E-state index contributed by atoms with van der Waals surface area (Å²) < 4.78 is 26.8. The minimum atomic E-state index is -3.43. The number of sulfonamides is 1. The number of halogens is 2. The topological polar surface area (TPSA) is 63.4 Å². The molecular formula is C13H20Cl2N2O2S. The molecule has 1 saturated heterocycles. The summed E-state index contributed by atoms with van der Waals surface area (Å²) in [6.45, 7) is 3.39. The summed E-state index contributed by atoms with van der Waals surface area (Å²) in [5.74, 6) is 0.260. The van der Waals surface area contributed by atoms with Gasteiger partial charge in [-0.2, -0.15) is 4.31 Å². The van der Waals surface area contributed by atoms with Gasteiger partial charge in [-0.25, -0.2) is 8.42 Å². The minimum Gasteiger partial charge on any atom is -0.330 e. The molecule has 20 heavy (non-hydrogen) atoms. The molecule has 4 nitrogen and oxygen atoms in total. The third kappa shape index (κ3) is 3.65. The number of aryl methyl sites for hydroxylation is 1. The Morgan fingerprint density at radius 3 is 2.75 bits per heavy atom. The van der Waals surface area contributed by atoms with Crippen molar-refractivity contribution in [1.29, 1.82) is 0 Å². The van der Waals surface area contributed by atoms with Gasteiger partial charge in [0.25, 0.3) is 0 Å². The average Bonchev–Trinajstić information content (AvgIpc) is 2.38. The van der Waals surface area contributed by atoms with Crippen LogP contribution in [0.1, 0.15) is 18.4 Å². The molecule has 0 aromatic heterocycles. The molecule has 1 heterocycles. The predicted octanol–water partition coefficient (Wildman–Crippen LogP) is 2.43. The fourth-order valence-electron chi connectivity index (χ4n) is 2.48. The van der Waals surface area contributed by atoms with Crippen molar-refractivity contribution in [1.82, 2.24) is 4.31 Å². The summed E-state index contributed by atoms with van der Waals surface area (Å²) >= 11 is 5.87. The molecule has 1 aromatic carbocycles. The first-order valence-electron chi connectivity index (χ1n) is 6.41. The zero-order valence-electron chi connectivity index (χ0n) is 11.4. The monoisotopic (exact) mass is 338 g/mol. The third-order valence-electron chi connectivity index (χ3n) is 3.57. The van der Waals surface area contributed by atoms with E-state index in [1.165, 1.54) is 0 Å². The number of hydrogen-bond acceptors (Lipinski definition) is 3. The number of benzene rings is 1. The van der Waals surface area contributed by atoms with Crippen molar-refractivity contribution in [3.63, 3.8) is 0 Å². The molecule has 7 heteroatoms. The Balaban J connectivity index is 0.00000200. The summed E-state index contributed by atoms with van der Waals surface area (Å²) in [4.78, 5) is 0.342. The molecule has 0 spiro atoms. The van der Waals surface area contributed by atoms with E-state index in [0.29, 0.717) is 35.1 Å². The maximum atomic E-state index is 12.6. The van der Waals surface area contributed by atoms with Crippen molar-refractivity contribution in [2.45, 2.75) is 24.7 Å². The zero-order chi connectivity index (χ0) is 14.0. The van der Waals surface area contributed by atoms with Crippen LogP contribution in [0.2, 0.25) is 5.02 Å². The molecule has 1 fully saturated rings. The molecule has 0 saturated carbocycles. The Bertz CT molecular complexity index is 563. The summed E-state index contributed by atoms with van der Waals surface area (Å²) in [5.41, 5.74) is 6.34. The van der Waals surface area contributed by atoms with Crippen LogP contribution in [-0.2, 0) is 10.0 Å². The van der Waals surface area contributed by atoms with E-state index in [4.69, 9.17) is 17.3 Å². The van der Waals surface area contributed by atoms with E-state index in [-0.39, 0.29) is 18.3 Å². The Labute approximate surface area is 131 Å². The van der Waals surface area contributed by atoms with E-state index >= 15 is 0 Å². The van der Waals surface area contributed by atoms with Gasteiger partial charge in [-0.05, 0) is 56.0 Å². The molecule has 1 aromatic rings. The summed E-state index contributed by atoms with van der Waals surface area (Å²) in [6.07, 6.45) is 1.87. The Morgan fingerprint density at radius 2 is 2.15 bits per heavy atom. The molecule has 2 N–H and O–H groups in total. The lowest BCUT2D eigenvalue weighted by Crippen LogP contribution is -2.42. The maximum Gasteiger partial charge on any atom is 0.243 e. The summed E-state index contributed by atoms with van der Waals surface area (Å²) in [7, 11) is -3.43. The molecule has 114 valence electrons. The highest BCUT2D eigenvalue weighted by Gasteiger charge is 2.30. The second-order valence-corrected chi connectivity index (χ2v) is 7.36. The van der Waals surface area contributed by atoms with Crippen LogP contribution in [0.3, 0.4) is 0 Å². The quantitative estimate of drug-likeness (QED) is 0.920. The largest absolute Gasteiger partial charge is 0.330 e. The molecule has 0 radical (unpaired) electrons. The minimum absolute atomic E-state index is 0. The highest BCUT2D eigenvalue weighted by atomic mass is 35.5. The van der Waals surface area contributed by atoms with Gasteiger partial charge >= 0.3 is 0 Å². The number of rotatable bonds is 3. The van der Waals surface area contributed by atoms with Crippen LogP contribution < -0.4 is 5.73 Å². The van der Waals surface area contributed by atoms with E-state index in [0.717, 1.165) is 12.8 Å². The highest BCUT2D eigenvalue weighted by molar-refractivity contribution is 7.89. The first-order chi connectivity index (χ1) is 8.95. The van der Waals surface area contributed by atoms with E-state index in [1.54, 1.807) is 29.4 Å². The second kappa shape index (κ2) is 7.09. The molecule has 1 aliphatic heterocycles. The van der Waals surface area contributed by atoms with Gasteiger partial charge in [-0.3, -0.25) is 0 Å². The predicted molar refractivity (Wildman–Crippen MR) is 84.0 cm³/mol. The van der Waals surface area contributed by atoms with Crippen molar-refractivity contribution in [3.8, 4) is 0 Å². The maximum absolute atomic E-state index is 12.6. The standard InChI is InChI=1S/C13H19ClN2O2S.ClH/c1-10-7-12(14)4-5-13(10)19(17,18)16-6-2-3-11(8-15)9-16;/h4-5,7,11H,2-3,6,8-9,15H2,1H3;1H. The van der Waals surface area contributed by atoms with E-state index in [2.05, 4.69) is 0 Å². The fraction of sp³-hybridized carbons (Fsp3) is 0.538. The van der Waals surface area contributed by atoms with Gasteiger partial charge in [0.15, 0.2) is 0 Å².